The van der Waals surface area contributed by atoms with Gasteiger partial charge < -0.3 is 14.9 Å². The van der Waals surface area contributed by atoms with E-state index in [1.807, 2.05) is 6.07 Å². The molecule has 5 nitrogen and oxygen atoms in total. The van der Waals surface area contributed by atoms with Crippen LogP contribution in [0.15, 0.2) is 18.2 Å². The first-order valence-corrected chi connectivity index (χ1v) is 6.77. The second-order valence-corrected chi connectivity index (χ2v) is 5.06. The SMILES string of the molecule is CCC1CN(C)CCCN1c1cccc(C(=O)O)n1. The fourth-order valence-corrected chi connectivity index (χ4v) is 2.60. The van der Waals surface area contributed by atoms with Crippen molar-refractivity contribution in [3.63, 3.8) is 0 Å². The Hall–Kier alpha value is -1.62. The van der Waals surface area contributed by atoms with Crippen molar-refractivity contribution >= 4 is 11.8 Å². The first-order chi connectivity index (χ1) is 9.11. The van der Waals surface area contributed by atoms with Crippen molar-refractivity contribution in [2.75, 3.05) is 31.6 Å². The van der Waals surface area contributed by atoms with Gasteiger partial charge in [-0.15, -0.1) is 0 Å². The highest BCUT2D eigenvalue weighted by Crippen LogP contribution is 2.20. The van der Waals surface area contributed by atoms with Crippen LogP contribution in [0.2, 0.25) is 0 Å². The van der Waals surface area contributed by atoms with E-state index in [0.29, 0.717) is 6.04 Å². The molecule has 1 aromatic rings. The van der Waals surface area contributed by atoms with Gasteiger partial charge in [-0.3, -0.25) is 0 Å². The molecule has 1 aliphatic rings. The van der Waals surface area contributed by atoms with Crippen LogP contribution in [-0.2, 0) is 0 Å². The number of anilines is 1. The Balaban J connectivity index is 2.27. The lowest BCUT2D eigenvalue weighted by molar-refractivity contribution is 0.0690. The van der Waals surface area contributed by atoms with Crippen LogP contribution in [0.4, 0.5) is 5.82 Å². The van der Waals surface area contributed by atoms with Crippen molar-refractivity contribution in [1.82, 2.24) is 9.88 Å². The molecule has 1 N–H and O–H groups in total. The lowest BCUT2D eigenvalue weighted by Crippen LogP contribution is -2.40. The van der Waals surface area contributed by atoms with E-state index < -0.39 is 5.97 Å². The minimum atomic E-state index is -0.971. The van der Waals surface area contributed by atoms with E-state index >= 15 is 0 Å². The molecule has 5 heteroatoms. The van der Waals surface area contributed by atoms with Crippen LogP contribution >= 0.6 is 0 Å². The highest BCUT2D eigenvalue weighted by Gasteiger charge is 2.23. The number of pyridine rings is 1. The Morgan fingerprint density at radius 3 is 2.95 bits per heavy atom. The first-order valence-electron chi connectivity index (χ1n) is 6.77. The number of rotatable bonds is 3. The molecule has 0 bridgehead atoms. The number of carboxylic acid groups (broad SMARTS) is 1. The second kappa shape index (κ2) is 6.02. The van der Waals surface area contributed by atoms with Crippen LogP contribution < -0.4 is 4.90 Å². The Labute approximate surface area is 113 Å². The fraction of sp³-hybridized carbons (Fsp3) is 0.571. The molecule has 0 aromatic carbocycles. The van der Waals surface area contributed by atoms with E-state index in [0.717, 1.165) is 38.3 Å². The van der Waals surface area contributed by atoms with Gasteiger partial charge in [0.15, 0.2) is 5.69 Å². The fourth-order valence-electron chi connectivity index (χ4n) is 2.60. The summed E-state index contributed by atoms with van der Waals surface area (Å²) in [6.07, 6.45) is 2.11. The van der Waals surface area contributed by atoms with Gasteiger partial charge in [0.25, 0.3) is 0 Å². The molecule has 1 saturated heterocycles. The predicted octanol–water partition coefficient (Wildman–Crippen LogP) is 1.70. The van der Waals surface area contributed by atoms with Crippen LogP contribution in [0.1, 0.15) is 30.3 Å². The summed E-state index contributed by atoms with van der Waals surface area (Å²) in [6.45, 7) is 5.16. The molecule has 1 unspecified atom stereocenters. The Kier molecular flexibility index (Phi) is 4.37. The van der Waals surface area contributed by atoms with Gasteiger partial charge in [-0.05, 0) is 38.6 Å². The molecular formula is C14H21N3O2. The third-order valence-corrected chi connectivity index (χ3v) is 3.62. The van der Waals surface area contributed by atoms with Gasteiger partial charge in [0.2, 0.25) is 0 Å². The third-order valence-electron chi connectivity index (χ3n) is 3.62. The Morgan fingerprint density at radius 2 is 2.26 bits per heavy atom. The molecule has 104 valence electrons. The molecule has 0 spiro atoms. The molecule has 2 heterocycles. The minimum Gasteiger partial charge on any atom is -0.477 e. The monoisotopic (exact) mass is 263 g/mol. The van der Waals surface area contributed by atoms with Gasteiger partial charge >= 0.3 is 5.97 Å². The van der Waals surface area contributed by atoms with E-state index in [-0.39, 0.29) is 5.69 Å². The summed E-state index contributed by atoms with van der Waals surface area (Å²) >= 11 is 0. The maximum atomic E-state index is 11.0. The summed E-state index contributed by atoms with van der Waals surface area (Å²) < 4.78 is 0. The zero-order valence-electron chi connectivity index (χ0n) is 11.5. The molecule has 19 heavy (non-hydrogen) atoms. The number of nitrogens with zero attached hydrogens (tertiary/aromatic N) is 3. The lowest BCUT2D eigenvalue weighted by atomic mass is 10.2. The topological polar surface area (TPSA) is 56.7 Å². The average molecular weight is 263 g/mol. The maximum absolute atomic E-state index is 11.0. The average Bonchev–Trinajstić information content (AvgIpc) is 2.60. The molecule has 1 aromatic heterocycles. The number of likely N-dealkylation sites (N-methyl/N-ethyl adjacent to an activating group) is 1. The van der Waals surface area contributed by atoms with E-state index in [9.17, 15) is 4.79 Å². The van der Waals surface area contributed by atoms with Gasteiger partial charge in [-0.25, -0.2) is 9.78 Å². The van der Waals surface area contributed by atoms with Crippen molar-refractivity contribution in [1.29, 1.82) is 0 Å². The number of hydrogen-bond acceptors (Lipinski definition) is 4. The summed E-state index contributed by atoms with van der Waals surface area (Å²) in [4.78, 5) is 19.9. The predicted molar refractivity (Wildman–Crippen MR) is 74.7 cm³/mol. The van der Waals surface area contributed by atoms with Crippen LogP contribution in [0.3, 0.4) is 0 Å². The van der Waals surface area contributed by atoms with E-state index in [2.05, 4.69) is 28.8 Å². The number of aromatic carboxylic acids is 1. The Morgan fingerprint density at radius 1 is 1.47 bits per heavy atom. The highest BCUT2D eigenvalue weighted by atomic mass is 16.4. The van der Waals surface area contributed by atoms with Gasteiger partial charge in [0.1, 0.15) is 5.82 Å². The van der Waals surface area contributed by atoms with Crippen LogP contribution in [0.25, 0.3) is 0 Å². The molecule has 0 amide bonds. The smallest absolute Gasteiger partial charge is 0.354 e. The van der Waals surface area contributed by atoms with Crippen molar-refractivity contribution in [2.45, 2.75) is 25.8 Å². The first kappa shape index (κ1) is 13.8. The van der Waals surface area contributed by atoms with Crippen molar-refractivity contribution in [3.05, 3.63) is 23.9 Å². The molecule has 2 rings (SSSR count). The zero-order chi connectivity index (χ0) is 13.8. The standard InChI is InChI=1S/C14H21N3O2/c1-3-11-10-16(2)8-5-9-17(11)13-7-4-6-12(15-13)14(18)19/h4,6-7,11H,3,5,8-10H2,1-2H3,(H,18,19). The zero-order valence-corrected chi connectivity index (χ0v) is 11.5. The molecule has 0 aliphatic carbocycles. The molecular weight excluding hydrogens is 242 g/mol. The lowest BCUT2D eigenvalue weighted by Gasteiger charge is -2.31. The summed E-state index contributed by atoms with van der Waals surface area (Å²) in [7, 11) is 2.13. The van der Waals surface area contributed by atoms with E-state index in [1.165, 1.54) is 6.07 Å². The van der Waals surface area contributed by atoms with Crippen molar-refractivity contribution in [2.24, 2.45) is 0 Å². The van der Waals surface area contributed by atoms with Gasteiger partial charge in [-0.2, -0.15) is 0 Å². The highest BCUT2D eigenvalue weighted by molar-refractivity contribution is 5.85. The van der Waals surface area contributed by atoms with Crippen LogP contribution in [-0.4, -0.2) is 53.7 Å². The van der Waals surface area contributed by atoms with E-state index in [1.54, 1.807) is 6.07 Å². The number of carbonyl (C=O) groups is 1. The quantitative estimate of drug-likeness (QED) is 0.899. The van der Waals surface area contributed by atoms with E-state index in [4.69, 9.17) is 5.11 Å². The number of carboxylic acids is 1. The number of hydrogen-bond donors (Lipinski definition) is 1. The summed E-state index contributed by atoms with van der Waals surface area (Å²) in [5, 5.41) is 9.04. The molecule has 0 saturated carbocycles. The summed E-state index contributed by atoms with van der Waals surface area (Å²) in [6, 6.07) is 5.61. The largest absolute Gasteiger partial charge is 0.477 e. The van der Waals surface area contributed by atoms with Gasteiger partial charge in [0.05, 0.1) is 0 Å². The van der Waals surface area contributed by atoms with Crippen LogP contribution in [0, 0.1) is 0 Å². The van der Waals surface area contributed by atoms with Crippen molar-refractivity contribution in [3.8, 4) is 0 Å². The van der Waals surface area contributed by atoms with Gasteiger partial charge in [-0.1, -0.05) is 13.0 Å². The second-order valence-electron chi connectivity index (χ2n) is 5.06. The molecule has 1 aliphatic heterocycles. The normalized spacial score (nSPS) is 21.2. The summed E-state index contributed by atoms with van der Waals surface area (Å²) in [5.41, 5.74) is 0.116. The third kappa shape index (κ3) is 3.23. The molecule has 1 atom stereocenters. The van der Waals surface area contributed by atoms with Crippen LogP contribution in [0.5, 0.6) is 0 Å². The maximum Gasteiger partial charge on any atom is 0.354 e. The molecule has 1 fully saturated rings. The summed E-state index contributed by atoms with van der Waals surface area (Å²) in [5.74, 6) is -0.191. The molecule has 0 radical (unpaired) electrons. The van der Waals surface area contributed by atoms with Gasteiger partial charge in [0, 0.05) is 19.1 Å². The Bertz CT molecular complexity index is 450. The van der Waals surface area contributed by atoms with Crippen molar-refractivity contribution < 1.29 is 9.90 Å². The minimum absolute atomic E-state index is 0.116. The number of aromatic nitrogens is 1.